The third-order valence-corrected chi connectivity index (χ3v) is 8.63. The Morgan fingerprint density at radius 2 is 1.96 bits per heavy atom. The van der Waals surface area contributed by atoms with Crippen LogP contribution in [0.3, 0.4) is 0 Å². The van der Waals surface area contributed by atoms with Crippen molar-refractivity contribution in [3.05, 3.63) is 0 Å². The molecule has 1 spiro atoms. The highest BCUT2D eigenvalue weighted by atomic mass is 32.2. The summed E-state index contributed by atoms with van der Waals surface area (Å²) in [5.74, 6) is -2.52. The van der Waals surface area contributed by atoms with E-state index in [9.17, 15) is 26.4 Å². The Morgan fingerprint density at radius 3 is 2.48 bits per heavy atom. The van der Waals surface area contributed by atoms with Gasteiger partial charge in [0.05, 0.1) is 17.7 Å². The molecule has 132 valence electrons. The number of sulfonamides is 1. The molecule has 2 aliphatic carbocycles. The van der Waals surface area contributed by atoms with Gasteiger partial charge in [0.2, 0.25) is 15.9 Å². The highest BCUT2D eigenvalue weighted by molar-refractivity contribution is 7.90. The van der Waals surface area contributed by atoms with Gasteiger partial charge in [-0.3, -0.25) is 4.79 Å². The number of halogens is 3. The molecular weight excluding hydrogens is 331 g/mol. The van der Waals surface area contributed by atoms with Crippen molar-refractivity contribution in [1.29, 1.82) is 0 Å². The van der Waals surface area contributed by atoms with Crippen molar-refractivity contribution in [2.75, 3.05) is 5.75 Å². The van der Waals surface area contributed by atoms with Crippen LogP contribution in [0.2, 0.25) is 0 Å². The molecule has 0 aromatic heterocycles. The first-order valence-corrected chi connectivity index (χ1v) is 9.55. The number of alkyl halides is 3. The zero-order valence-corrected chi connectivity index (χ0v) is 14.3. The molecule has 0 N–H and O–H groups in total. The summed E-state index contributed by atoms with van der Waals surface area (Å²) in [4.78, 5) is 12.4. The first-order valence-electron chi connectivity index (χ1n) is 7.94. The number of carbonyl (C=O) groups is 1. The molecule has 8 heteroatoms. The van der Waals surface area contributed by atoms with Crippen LogP contribution >= 0.6 is 0 Å². The van der Waals surface area contributed by atoms with E-state index in [4.69, 9.17) is 0 Å². The fourth-order valence-corrected chi connectivity index (χ4v) is 7.64. The molecule has 4 atom stereocenters. The lowest BCUT2D eigenvalue weighted by molar-refractivity contribution is -0.176. The summed E-state index contributed by atoms with van der Waals surface area (Å²) in [7, 11) is -3.84. The van der Waals surface area contributed by atoms with Crippen molar-refractivity contribution in [2.45, 2.75) is 58.7 Å². The number of hydrogen-bond acceptors (Lipinski definition) is 3. The Labute approximate surface area is 134 Å². The van der Waals surface area contributed by atoms with E-state index in [1.807, 2.05) is 13.8 Å². The number of carbonyl (C=O) groups excluding carboxylic acids is 1. The van der Waals surface area contributed by atoms with Crippen LogP contribution in [-0.2, 0) is 14.8 Å². The summed E-state index contributed by atoms with van der Waals surface area (Å²) in [6.07, 6.45) is -3.06. The van der Waals surface area contributed by atoms with E-state index in [0.29, 0.717) is 12.3 Å². The quantitative estimate of drug-likeness (QED) is 0.767. The maximum Gasteiger partial charge on any atom is 0.392 e. The summed E-state index contributed by atoms with van der Waals surface area (Å²) in [5, 5.41) is 0. The Morgan fingerprint density at radius 1 is 1.35 bits per heavy atom. The topological polar surface area (TPSA) is 54.5 Å². The minimum Gasteiger partial charge on any atom is -0.274 e. The van der Waals surface area contributed by atoms with Crippen molar-refractivity contribution >= 4 is 15.9 Å². The van der Waals surface area contributed by atoms with E-state index in [1.165, 1.54) is 0 Å². The molecule has 0 radical (unpaired) electrons. The average Bonchev–Trinajstić information content (AvgIpc) is 2.83. The Balaban J connectivity index is 1.91. The van der Waals surface area contributed by atoms with Crippen molar-refractivity contribution in [1.82, 2.24) is 4.31 Å². The van der Waals surface area contributed by atoms with Gasteiger partial charge in [-0.05, 0) is 30.6 Å². The summed E-state index contributed by atoms with van der Waals surface area (Å²) in [6, 6.07) is -0.464. The lowest BCUT2D eigenvalue weighted by Crippen LogP contribution is -2.45. The monoisotopic (exact) mass is 353 g/mol. The smallest absolute Gasteiger partial charge is 0.274 e. The van der Waals surface area contributed by atoms with Crippen LogP contribution < -0.4 is 0 Å². The van der Waals surface area contributed by atoms with Gasteiger partial charge in [-0.25, -0.2) is 12.7 Å². The van der Waals surface area contributed by atoms with E-state index >= 15 is 0 Å². The van der Waals surface area contributed by atoms with Crippen LogP contribution in [0.1, 0.15) is 46.5 Å². The van der Waals surface area contributed by atoms with Crippen LogP contribution in [0.4, 0.5) is 13.2 Å². The summed E-state index contributed by atoms with van der Waals surface area (Å²) in [5.41, 5.74) is -0.691. The largest absolute Gasteiger partial charge is 0.392 e. The predicted octanol–water partition coefficient (Wildman–Crippen LogP) is 2.94. The molecule has 1 aliphatic heterocycles. The molecule has 2 saturated carbocycles. The summed E-state index contributed by atoms with van der Waals surface area (Å²) in [6.45, 7) is 4.99. The molecule has 0 aromatic carbocycles. The van der Waals surface area contributed by atoms with E-state index in [0.717, 1.165) is 24.1 Å². The maximum atomic E-state index is 12.7. The van der Waals surface area contributed by atoms with E-state index < -0.39 is 45.9 Å². The van der Waals surface area contributed by atoms with Gasteiger partial charge in [0, 0.05) is 11.8 Å². The van der Waals surface area contributed by atoms with Gasteiger partial charge in [0.25, 0.3) is 0 Å². The summed E-state index contributed by atoms with van der Waals surface area (Å²) < 4.78 is 64.0. The van der Waals surface area contributed by atoms with E-state index in [1.54, 1.807) is 0 Å². The number of nitrogens with zero attached hydrogens (tertiary/aromatic N) is 1. The van der Waals surface area contributed by atoms with Gasteiger partial charge >= 0.3 is 6.18 Å². The van der Waals surface area contributed by atoms with Gasteiger partial charge in [0.15, 0.2) is 0 Å². The number of hydrogen-bond donors (Lipinski definition) is 0. The Bertz CT molecular complexity index is 643. The second-order valence-electron chi connectivity index (χ2n) is 7.96. The molecule has 2 bridgehead atoms. The number of fused-ring (bicyclic) bond motifs is 1. The van der Waals surface area contributed by atoms with Crippen LogP contribution in [0, 0.1) is 22.7 Å². The zero-order chi connectivity index (χ0) is 17.4. The first-order chi connectivity index (χ1) is 10.3. The predicted molar refractivity (Wildman–Crippen MR) is 77.8 cm³/mol. The SMILES string of the molecule is C[C@@H](CC(=O)N1C2CC3CCC2(CS1(=O)=O)C3(C)C)C(F)(F)F. The Hall–Kier alpha value is -0.790. The van der Waals surface area contributed by atoms with Crippen LogP contribution in [0.25, 0.3) is 0 Å². The molecule has 1 amide bonds. The summed E-state index contributed by atoms with van der Waals surface area (Å²) >= 11 is 0. The average molecular weight is 353 g/mol. The Kier molecular flexibility index (Phi) is 3.44. The fourth-order valence-electron chi connectivity index (χ4n) is 5.08. The van der Waals surface area contributed by atoms with Gasteiger partial charge in [-0.1, -0.05) is 20.8 Å². The molecule has 3 unspecified atom stereocenters. The zero-order valence-electron chi connectivity index (χ0n) is 13.5. The second-order valence-corrected chi connectivity index (χ2v) is 9.80. The van der Waals surface area contributed by atoms with E-state index in [2.05, 4.69) is 0 Å². The van der Waals surface area contributed by atoms with Crippen molar-refractivity contribution in [3.8, 4) is 0 Å². The molecule has 23 heavy (non-hydrogen) atoms. The van der Waals surface area contributed by atoms with Crippen molar-refractivity contribution < 1.29 is 26.4 Å². The van der Waals surface area contributed by atoms with E-state index in [-0.39, 0.29) is 11.2 Å². The van der Waals surface area contributed by atoms with Crippen LogP contribution in [0.5, 0.6) is 0 Å². The molecule has 3 rings (SSSR count). The van der Waals surface area contributed by atoms with Crippen molar-refractivity contribution in [3.63, 3.8) is 0 Å². The molecule has 3 aliphatic rings. The fraction of sp³-hybridized carbons (Fsp3) is 0.933. The van der Waals surface area contributed by atoms with Gasteiger partial charge < -0.3 is 0 Å². The molecule has 0 aromatic rings. The standard InChI is InChI=1S/C15H22F3NO3S/c1-9(15(16,17)18)6-12(20)19-11-7-10-4-5-14(11,13(10,2)3)8-23(19,21)22/h9-11H,4-8H2,1-3H3/t9-,10?,11?,14?/m0/s1. The van der Waals surface area contributed by atoms with Crippen LogP contribution in [0.15, 0.2) is 0 Å². The molecule has 1 heterocycles. The lowest BCUT2D eigenvalue weighted by Gasteiger charge is -2.37. The molecule has 3 fully saturated rings. The third kappa shape index (κ3) is 2.16. The minimum atomic E-state index is -4.50. The van der Waals surface area contributed by atoms with Crippen LogP contribution in [-0.4, -0.2) is 36.6 Å². The molecule has 1 saturated heterocycles. The molecule has 4 nitrogen and oxygen atoms in total. The highest BCUT2D eigenvalue weighted by Crippen LogP contribution is 2.70. The first kappa shape index (κ1) is 17.0. The number of amides is 1. The lowest BCUT2D eigenvalue weighted by atomic mass is 9.69. The third-order valence-electron chi connectivity index (χ3n) is 6.70. The number of rotatable bonds is 2. The molecular formula is C15H22F3NO3S. The van der Waals surface area contributed by atoms with Gasteiger partial charge in [0.1, 0.15) is 0 Å². The van der Waals surface area contributed by atoms with Gasteiger partial charge in [-0.15, -0.1) is 0 Å². The van der Waals surface area contributed by atoms with Crippen molar-refractivity contribution in [2.24, 2.45) is 22.7 Å². The van der Waals surface area contributed by atoms with Gasteiger partial charge in [-0.2, -0.15) is 13.2 Å². The normalized spacial score (nSPS) is 38.6. The second kappa shape index (κ2) is 4.64. The maximum absolute atomic E-state index is 12.7. The minimum absolute atomic E-state index is 0.111. The highest BCUT2D eigenvalue weighted by Gasteiger charge is 2.72.